The van der Waals surface area contributed by atoms with Gasteiger partial charge in [0.15, 0.2) is 0 Å². The van der Waals surface area contributed by atoms with Gasteiger partial charge in [-0.25, -0.2) is 4.79 Å². The Balaban J connectivity index is 1.45. The second kappa shape index (κ2) is 11.7. The molecule has 0 aromatic heterocycles. The number of hydrogen-bond donors (Lipinski definition) is 0. The molecule has 0 radical (unpaired) electrons. The molecule has 1 aromatic rings. The zero-order valence-corrected chi connectivity index (χ0v) is 26.4. The summed E-state index contributed by atoms with van der Waals surface area (Å²) in [6.45, 7) is 13.9. The standard InChI is InChI=1S/C35H46N2O6/c1-21(2)22(3)8-9-24(5)29-11-13-31-34(29,6)15-7-16-35(31)17-14-28-23(4)10-12-30(32(28)35)43-33(38)25-18-26(36(39)40)20-27(19-25)37(41)42/h8-9,14,17-22,24,29-32H,7,10-13,15-16H2,1-6H3/b9-8+/t22-,24+,29+,30+,31+,32-,34+,35-/m0/s1. The summed E-state index contributed by atoms with van der Waals surface area (Å²) in [5.41, 5.74) is 1.51. The molecule has 0 heterocycles. The lowest BCUT2D eigenvalue weighted by atomic mass is 9.49. The molecule has 8 nitrogen and oxygen atoms in total. The fraction of sp³-hybridized carbons (Fsp3) is 0.629. The highest BCUT2D eigenvalue weighted by molar-refractivity contribution is 5.91. The second-order valence-corrected chi connectivity index (χ2v) is 14.3. The third kappa shape index (κ3) is 5.46. The highest BCUT2D eigenvalue weighted by Gasteiger charge is 2.63. The average molecular weight is 591 g/mol. The zero-order valence-electron chi connectivity index (χ0n) is 26.4. The second-order valence-electron chi connectivity index (χ2n) is 14.3. The van der Waals surface area contributed by atoms with Crippen LogP contribution < -0.4 is 0 Å². The van der Waals surface area contributed by atoms with Gasteiger partial charge in [-0.3, -0.25) is 20.2 Å². The molecule has 2 fully saturated rings. The molecule has 8 heteroatoms. The monoisotopic (exact) mass is 590 g/mol. The predicted molar refractivity (Wildman–Crippen MR) is 166 cm³/mol. The maximum Gasteiger partial charge on any atom is 0.338 e. The Kier molecular flexibility index (Phi) is 8.45. The van der Waals surface area contributed by atoms with E-state index >= 15 is 0 Å². The molecule has 1 spiro atoms. The SMILES string of the molecule is CC1=C2C=C[C@]3(CCC[C@]4(C)[C@@H]([C@H](C)/C=C/[C@H](C)C(C)C)CC[C@H]43)[C@@H]2[C@H](OC(=O)c2cc([N+](=O)[O-])cc([N+](=O)[O-])c2)CC1. The van der Waals surface area contributed by atoms with Crippen molar-refractivity contribution in [3.8, 4) is 0 Å². The van der Waals surface area contributed by atoms with Crippen LogP contribution in [0.3, 0.4) is 0 Å². The first-order chi connectivity index (χ1) is 20.3. The van der Waals surface area contributed by atoms with Crippen LogP contribution >= 0.6 is 0 Å². The van der Waals surface area contributed by atoms with Crippen LogP contribution in [-0.2, 0) is 4.74 Å². The third-order valence-corrected chi connectivity index (χ3v) is 11.8. The summed E-state index contributed by atoms with van der Waals surface area (Å²) in [7, 11) is 0. The topological polar surface area (TPSA) is 113 Å². The van der Waals surface area contributed by atoms with Gasteiger partial charge in [0.05, 0.1) is 21.5 Å². The zero-order chi connectivity index (χ0) is 31.3. The van der Waals surface area contributed by atoms with Crippen LogP contribution in [0.2, 0.25) is 0 Å². The number of nitro groups is 2. The lowest BCUT2D eigenvalue weighted by molar-refractivity contribution is -0.394. The highest BCUT2D eigenvalue weighted by Crippen LogP contribution is 2.69. The van der Waals surface area contributed by atoms with E-state index in [2.05, 4.69) is 65.8 Å². The Morgan fingerprint density at radius 2 is 1.67 bits per heavy atom. The summed E-state index contributed by atoms with van der Waals surface area (Å²) in [6.07, 6.45) is 16.3. The molecule has 0 amide bonds. The van der Waals surface area contributed by atoms with E-state index in [4.69, 9.17) is 4.74 Å². The van der Waals surface area contributed by atoms with Gasteiger partial charge in [0.25, 0.3) is 11.4 Å². The van der Waals surface area contributed by atoms with Gasteiger partial charge < -0.3 is 4.74 Å². The van der Waals surface area contributed by atoms with Crippen molar-refractivity contribution in [2.24, 2.45) is 46.3 Å². The van der Waals surface area contributed by atoms with E-state index in [1.807, 2.05) is 0 Å². The van der Waals surface area contributed by atoms with Gasteiger partial charge in [-0.1, -0.05) is 70.9 Å². The van der Waals surface area contributed by atoms with Crippen LogP contribution in [0, 0.1) is 66.6 Å². The van der Waals surface area contributed by atoms with Crippen molar-refractivity contribution in [1.29, 1.82) is 0 Å². The number of fused-ring (bicyclic) bond motifs is 4. The third-order valence-electron chi connectivity index (χ3n) is 11.8. The number of carbonyl (C=O) groups is 1. The molecule has 8 atom stereocenters. The molecule has 0 saturated heterocycles. The molecule has 0 bridgehead atoms. The number of allylic oxidation sites excluding steroid dienone is 5. The minimum atomic E-state index is -0.737. The highest BCUT2D eigenvalue weighted by atomic mass is 16.6. The van der Waals surface area contributed by atoms with Crippen molar-refractivity contribution in [3.63, 3.8) is 0 Å². The molecule has 0 N–H and O–H groups in total. The summed E-state index contributed by atoms with van der Waals surface area (Å²) in [4.78, 5) is 35.0. The lowest BCUT2D eigenvalue weighted by Gasteiger charge is -2.55. The average Bonchev–Trinajstić information content (AvgIpc) is 3.52. The number of hydrogen-bond acceptors (Lipinski definition) is 6. The van der Waals surface area contributed by atoms with E-state index < -0.39 is 33.3 Å². The van der Waals surface area contributed by atoms with Gasteiger partial charge >= 0.3 is 5.97 Å². The number of non-ortho nitro benzene ring substituents is 2. The number of nitro benzene ring substituents is 2. The van der Waals surface area contributed by atoms with Crippen LogP contribution in [0.1, 0.15) is 96.8 Å². The summed E-state index contributed by atoms with van der Waals surface area (Å²) in [5, 5.41) is 22.9. The largest absolute Gasteiger partial charge is 0.458 e. The summed E-state index contributed by atoms with van der Waals surface area (Å²) in [6, 6.07) is 3.03. The number of esters is 1. The Bertz CT molecular complexity index is 1360. The molecule has 4 aliphatic rings. The van der Waals surface area contributed by atoms with Crippen molar-refractivity contribution in [3.05, 3.63) is 79.4 Å². The van der Waals surface area contributed by atoms with Crippen LogP contribution in [-0.4, -0.2) is 21.9 Å². The predicted octanol–water partition coefficient (Wildman–Crippen LogP) is 9.01. The van der Waals surface area contributed by atoms with Gasteiger partial charge in [-0.05, 0) is 86.0 Å². The normalized spacial score (nSPS) is 33.1. The summed E-state index contributed by atoms with van der Waals surface area (Å²) >= 11 is 0. The Morgan fingerprint density at radius 1 is 1.00 bits per heavy atom. The molecule has 43 heavy (non-hydrogen) atoms. The van der Waals surface area contributed by atoms with E-state index in [1.54, 1.807) is 0 Å². The van der Waals surface area contributed by atoms with E-state index in [-0.39, 0.29) is 22.3 Å². The molecule has 232 valence electrons. The number of nitrogens with zero attached hydrogens (tertiary/aromatic N) is 2. The Morgan fingerprint density at radius 3 is 2.30 bits per heavy atom. The van der Waals surface area contributed by atoms with Crippen molar-refractivity contribution >= 4 is 17.3 Å². The van der Waals surface area contributed by atoms with Crippen molar-refractivity contribution in [2.45, 2.75) is 92.6 Å². The number of rotatable bonds is 8. The van der Waals surface area contributed by atoms with Crippen molar-refractivity contribution in [1.82, 2.24) is 0 Å². The maximum absolute atomic E-state index is 13.5. The molecule has 4 aliphatic carbocycles. The van der Waals surface area contributed by atoms with E-state index in [0.29, 0.717) is 36.0 Å². The molecule has 5 rings (SSSR count). The Labute approximate surface area is 255 Å². The summed E-state index contributed by atoms with van der Waals surface area (Å²) in [5.74, 6) is 1.98. The van der Waals surface area contributed by atoms with Gasteiger partial charge in [0, 0.05) is 23.5 Å². The maximum atomic E-state index is 13.5. The van der Waals surface area contributed by atoms with Crippen LogP contribution in [0.15, 0.2) is 53.6 Å². The fourth-order valence-corrected chi connectivity index (χ4v) is 9.22. The van der Waals surface area contributed by atoms with Gasteiger partial charge in [0.1, 0.15) is 6.10 Å². The molecule has 1 aromatic carbocycles. The number of benzene rings is 1. The fourth-order valence-electron chi connectivity index (χ4n) is 9.22. The smallest absolute Gasteiger partial charge is 0.338 e. The number of carbonyl (C=O) groups excluding carboxylic acids is 1. The Hall–Kier alpha value is -3.29. The van der Waals surface area contributed by atoms with E-state index in [9.17, 15) is 25.0 Å². The molecule has 0 unspecified atom stereocenters. The van der Waals surface area contributed by atoms with Crippen LogP contribution in [0.5, 0.6) is 0 Å². The van der Waals surface area contributed by atoms with Crippen LogP contribution in [0.25, 0.3) is 0 Å². The van der Waals surface area contributed by atoms with Crippen molar-refractivity contribution in [2.75, 3.05) is 0 Å². The van der Waals surface area contributed by atoms with E-state index in [0.717, 1.165) is 43.9 Å². The lowest BCUT2D eigenvalue weighted by Crippen LogP contribution is -2.51. The first-order valence-corrected chi connectivity index (χ1v) is 16.0. The minimum absolute atomic E-state index is 0.0223. The summed E-state index contributed by atoms with van der Waals surface area (Å²) < 4.78 is 6.21. The molecular formula is C35H46N2O6. The van der Waals surface area contributed by atoms with Gasteiger partial charge in [-0.15, -0.1) is 0 Å². The van der Waals surface area contributed by atoms with Crippen molar-refractivity contribution < 1.29 is 19.4 Å². The van der Waals surface area contributed by atoms with E-state index in [1.165, 1.54) is 24.0 Å². The van der Waals surface area contributed by atoms with Crippen LogP contribution in [0.4, 0.5) is 11.4 Å². The van der Waals surface area contributed by atoms with Gasteiger partial charge in [-0.2, -0.15) is 0 Å². The first kappa shape index (κ1) is 31.1. The van der Waals surface area contributed by atoms with Gasteiger partial charge in [0.2, 0.25) is 0 Å². The molecular weight excluding hydrogens is 544 g/mol. The first-order valence-electron chi connectivity index (χ1n) is 16.0. The number of ether oxygens (including phenoxy) is 1. The molecule has 0 aliphatic heterocycles. The quantitative estimate of drug-likeness (QED) is 0.129. The minimum Gasteiger partial charge on any atom is -0.458 e. The molecule has 2 saturated carbocycles.